The lowest BCUT2D eigenvalue weighted by molar-refractivity contribution is -0.137. The van der Waals surface area contributed by atoms with E-state index in [-0.39, 0.29) is 5.41 Å². The first-order valence-corrected chi connectivity index (χ1v) is 8.24. The number of aromatic nitrogens is 3. The van der Waals surface area contributed by atoms with Gasteiger partial charge in [0.2, 0.25) is 5.91 Å². The summed E-state index contributed by atoms with van der Waals surface area (Å²) in [5, 5.41) is 7.76. The number of allylic oxidation sites excluding steroid dienone is 2. The molecule has 122 valence electrons. The highest BCUT2D eigenvalue weighted by Crippen LogP contribution is 2.34. The third kappa shape index (κ3) is 4.97. The smallest absolute Gasteiger partial charge is 0.222 e. The topological polar surface area (TPSA) is 51.0 Å². The van der Waals surface area contributed by atoms with Crippen LogP contribution in [0.25, 0.3) is 0 Å². The lowest BCUT2D eigenvalue weighted by atomic mass is 9.77. The molecule has 1 amide bonds. The Balaban J connectivity index is 1.81. The molecule has 1 aromatic heterocycles. The molecule has 0 spiro atoms. The van der Waals surface area contributed by atoms with Gasteiger partial charge >= 0.3 is 0 Å². The summed E-state index contributed by atoms with van der Waals surface area (Å²) in [6.07, 6.45) is 10.8. The number of nitrogens with zero attached hydrogens (tertiary/aromatic N) is 4. The Morgan fingerprint density at radius 1 is 1.41 bits per heavy atom. The largest absolute Gasteiger partial charge is 0.342 e. The van der Waals surface area contributed by atoms with Crippen LogP contribution in [0.3, 0.4) is 0 Å². The van der Waals surface area contributed by atoms with E-state index in [9.17, 15) is 4.79 Å². The van der Waals surface area contributed by atoms with Gasteiger partial charge in [-0.15, -0.1) is 5.10 Å². The molecule has 1 aliphatic heterocycles. The fourth-order valence-corrected chi connectivity index (χ4v) is 3.09. The molecule has 0 aromatic carbocycles. The SMILES string of the molecule is CC(C)=CCC[C@@]1(C)CCC(=O)N(CCCn2ccnn2)C1. The zero-order chi connectivity index (χ0) is 16.0. The molecule has 1 fully saturated rings. The Bertz CT molecular complexity index is 505. The number of amides is 1. The van der Waals surface area contributed by atoms with Gasteiger partial charge in [-0.3, -0.25) is 9.48 Å². The lowest BCUT2D eigenvalue weighted by Gasteiger charge is -2.40. The minimum Gasteiger partial charge on any atom is -0.342 e. The summed E-state index contributed by atoms with van der Waals surface area (Å²) in [7, 11) is 0. The quantitative estimate of drug-likeness (QED) is 0.728. The molecule has 1 atom stereocenters. The first kappa shape index (κ1) is 16.7. The molecule has 5 heteroatoms. The van der Waals surface area contributed by atoms with Gasteiger partial charge in [0.25, 0.3) is 0 Å². The second kappa shape index (κ2) is 7.56. The molecule has 0 N–H and O–H groups in total. The van der Waals surface area contributed by atoms with Gasteiger partial charge in [0.05, 0.1) is 6.20 Å². The van der Waals surface area contributed by atoms with Crippen LogP contribution < -0.4 is 0 Å². The van der Waals surface area contributed by atoms with Crippen LogP contribution >= 0.6 is 0 Å². The molecule has 1 aromatic rings. The van der Waals surface area contributed by atoms with E-state index in [1.807, 2.05) is 15.8 Å². The molecule has 22 heavy (non-hydrogen) atoms. The van der Waals surface area contributed by atoms with Gasteiger partial charge in [0.1, 0.15) is 0 Å². The van der Waals surface area contributed by atoms with Crippen molar-refractivity contribution in [3.63, 3.8) is 0 Å². The van der Waals surface area contributed by atoms with Gasteiger partial charge in [0, 0.05) is 32.3 Å². The number of rotatable bonds is 7. The van der Waals surface area contributed by atoms with Gasteiger partial charge < -0.3 is 4.90 Å². The zero-order valence-corrected chi connectivity index (χ0v) is 14.1. The Kier molecular flexibility index (Phi) is 5.75. The van der Waals surface area contributed by atoms with Crippen molar-refractivity contribution < 1.29 is 4.79 Å². The molecule has 0 radical (unpaired) electrons. The van der Waals surface area contributed by atoms with Crippen LogP contribution in [-0.4, -0.2) is 38.9 Å². The standard InChI is InChI=1S/C17H28N4O/c1-15(2)6-4-8-17(3)9-7-16(22)20(14-17)11-5-12-21-13-10-18-19-21/h6,10,13H,4-5,7-9,11-12,14H2,1-3H3/t17-/m0/s1. The van der Waals surface area contributed by atoms with E-state index in [1.165, 1.54) is 5.57 Å². The zero-order valence-electron chi connectivity index (χ0n) is 14.1. The van der Waals surface area contributed by atoms with Crippen molar-refractivity contribution in [3.8, 4) is 0 Å². The summed E-state index contributed by atoms with van der Waals surface area (Å²) in [6, 6.07) is 0. The predicted molar refractivity (Wildman–Crippen MR) is 87.2 cm³/mol. The van der Waals surface area contributed by atoms with Crippen molar-refractivity contribution in [1.82, 2.24) is 19.9 Å². The summed E-state index contributed by atoms with van der Waals surface area (Å²) >= 11 is 0. The van der Waals surface area contributed by atoms with Crippen LogP contribution in [0.4, 0.5) is 0 Å². The van der Waals surface area contributed by atoms with Gasteiger partial charge in [0.15, 0.2) is 0 Å². The van der Waals surface area contributed by atoms with E-state index < -0.39 is 0 Å². The van der Waals surface area contributed by atoms with Gasteiger partial charge in [-0.1, -0.05) is 23.8 Å². The molecule has 2 heterocycles. The second-order valence-corrected chi connectivity index (χ2v) is 6.97. The first-order chi connectivity index (χ1) is 10.5. The number of hydrogen-bond acceptors (Lipinski definition) is 3. The highest BCUT2D eigenvalue weighted by molar-refractivity contribution is 5.77. The van der Waals surface area contributed by atoms with E-state index in [4.69, 9.17) is 0 Å². The Hall–Kier alpha value is -1.65. The normalized spacial score (nSPS) is 22.0. The number of piperidine rings is 1. The van der Waals surface area contributed by atoms with Crippen LogP contribution in [-0.2, 0) is 11.3 Å². The number of aryl methyl sites for hydroxylation is 1. The monoisotopic (exact) mass is 304 g/mol. The maximum Gasteiger partial charge on any atom is 0.222 e. The number of likely N-dealkylation sites (tertiary alicyclic amines) is 1. The number of carbonyl (C=O) groups is 1. The van der Waals surface area contributed by atoms with E-state index in [2.05, 4.69) is 37.2 Å². The van der Waals surface area contributed by atoms with E-state index in [0.29, 0.717) is 12.3 Å². The average Bonchev–Trinajstić information content (AvgIpc) is 2.96. The summed E-state index contributed by atoms with van der Waals surface area (Å²) in [4.78, 5) is 14.2. The lowest BCUT2D eigenvalue weighted by Crippen LogP contribution is -2.45. The summed E-state index contributed by atoms with van der Waals surface area (Å²) < 4.78 is 1.82. The summed E-state index contributed by atoms with van der Waals surface area (Å²) in [6.45, 7) is 9.13. The Morgan fingerprint density at radius 2 is 2.23 bits per heavy atom. The predicted octanol–water partition coefficient (Wildman–Crippen LogP) is 3.04. The van der Waals surface area contributed by atoms with Crippen LogP contribution in [0, 0.1) is 5.41 Å². The van der Waals surface area contributed by atoms with Crippen molar-refractivity contribution in [2.24, 2.45) is 5.41 Å². The minimum atomic E-state index is 0.257. The van der Waals surface area contributed by atoms with Crippen LogP contribution in [0.1, 0.15) is 52.9 Å². The fraction of sp³-hybridized carbons (Fsp3) is 0.706. The molecule has 0 unspecified atom stereocenters. The van der Waals surface area contributed by atoms with Crippen LogP contribution in [0.5, 0.6) is 0 Å². The molecular formula is C17H28N4O. The van der Waals surface area contributed by atoms with Crippen molar-refractivity contribution in [3.05, 3.63) is 24.0 Å². The average molecular weight is 304 g/mol. The molecule has 2 rings (SSSR count). The Morgan fingerprint density at radius 3 is 2.91 bits per heavy atom. The second-order valence-electron chi connectivity index (χ2n) is 6.97. The Labute approximate surface area is 133 Å². The third-order valence-corrected chi connectivity index (χ3v) is 4.46. The van der Waals surface area contributed by atoms with E-state index in [0.717, 1.165) is 45.3 Å². The highest BCUT2D eigenvalue weighted by Gasteiger charge is 2.33. The molecule has 1 saturated heterocycles. The van der Waals surface area contributed by atoms with E-state index in [1.54, 1.807) is 6.20 Å². The maximum atomic E-state index is 12.1. The molecular weight excluding hydrogens is 276 g/mol. The summed E-state index contributed by atoms with van der Waals surface area (Å²) in [5.74, 6) is 0.304. The summed E-state index contributed by atoms with van der Waals surface area (Å²) in [5.41, 5.74) is 1.63. The number of hydrogen-bond donors (Lipinski definition) is 0. The highest BCUT2D eigenvalue weighted by atomic mass is 16.2. The fourth-order valence-electron chi connectivity index (χ4n) is 3.09. The minimum absolute atomic E-state index is 0.257. The van der Waals surface area contributed by atoms with Crippen molar-refractivity contribution >= 4 is 5.91 Å². The van der Waals surface area contributed by atoms with Crippen molar-refractivity contribution in [2.45, 2.75) is 59.4 Å². The first-order valence-electron chi connectivity index (χ1n) is 8.24. The van der Waals surface area contributed by atoms with Crippen LogP contribution in [0.15, 0.2) is 24.0 Å². The molecule has 0 aliphatic carbocycles. The van der Waals surface area contributed by atoms with Crippen LogP contribution in [0.2, 0.25) is 0 Å². The van der Waals surface area contributed by atoms with Gasteiger partial charge in [-0.05, 0) is 44.9 Å². The number of carbonyl (C=O) groups excluding carboxylic acids is 1. The van der Waals surface area contributed by atoms with Crippen molar-refractivity contribution in [1.29, 1.82) is 0 Å². The molecule has 0 bridgehead atoms. The van der Waals surface area contributed by atoms with Crippen molar-refractivity contribution in [2.75, 3.05) is 13.1 Å². The van der Waals surface area contributed by atoms with Gasteiger partial charge in [-0.2, -0.15) is 0 Å². The molecule has 0 saturated carbocycles. The van der Waals surface area contributed by atoms with E-state index >= 15 is 0 Å². The molecule has 1 aliphatic rings. The third-order valence-electron chi connectivity index (χ3n) is 4.46. The molecule has 5 nitrogen and oxygen atoms in total. The maximum absolute atomic E-state index is 12.1. The van der Waals surface area contributed by atoms with Gasteiger partial charge in [-0.25, -0.2) is 0 Å².